The fourth-order valence-electron chi connectivity index (χ4n) is 2.37. The molecule has 1 fully saturated rings. The number of amides is 1. The van der Waals surface area contributed by atoms with Gasteiger partial charge in [0.05, 0.1) is 6.54 Å². The number of nitrogens with one attached hydrogen (secondary N) is 2. The standard InChI is InChI=1S/C15H30N2O/c1-12(2)13(3)17-15(18)11-16-14-9-7-5-4-6-8-10-14/h12-14,16H,4-11H2,1-3H3,(H,17,18). The largest absolute Gasteiger partial charge is 0.352 e. The Kier molecular flexibility index (Phi) is 7.33. The summed E-state index contributed by atoms with van der Waals surface area (Å²) in [6, 6.07) is 0.807. The third-order valence-corrected chi connectivity index (χ3v) is 4.05. The van der Waals surface area contributed by atoms with E-state index in [2.05, 4.69) is 31.4 Å². The number of carbonyl (C=O) groups excluding carboxylic acids is 1. The summed E-state index contributed by atoms with van der Waals surface area (Å²) in [6.45, 7) is 6.81. The molecule has 0 bridgehead atoms. The summed E-state index contributed by atoms with van der Waals surface area (Å²) in [7, 11) is 0. The van der Waals surface area contributed by atoms with Crippen LogP contribution in [0.2, 0.25) is 0 Å². The molecule has 0 aromatic carbocycles. The highest BCUT2D eigenvalue weighted by Crippen LogP contribution is 2.16. The maximum Gasteiger partial charge on any atom is 0.234 e. The van der Waals surface area contributed by atoms with Crippen LogP contribution in [0.5, 0.6) is 0 Å². The van der Waals surface area contributed by atoms with E-state index in [0.717, 1.165) is 0 Å². The molecule has 0 aromatic heterocycles. The van der Waals surface area contributed by atoms with E-state index in [-0.39, 0.29) is 11.9 Å². The first-order chi connectivity index (χ1) is 8.59. The van der Waals surface area contributed by atoms with Gasteiger partial charge in [-0.3, -0.25) is 4.79 Å². The van der Waals surface area contributed by atoms with E-state index in [9.17, 15) is 4.79 Å². The molecule has 0 aromatic rings. The van der Waals surface area contributed by atoms with Gasteiger partial charge in [0, 0.05) is 12.1 Å². The predicted octanol–water partition coefficient (Wildman–Crippen LogP) is 2.85. The molecule has 18 heavy (non-hydrogen) atoms. The van der Waals surface area contributed by atoms with Gasteiger partial charge in [-0.05, 0) is 25.7 Å². The summed E-state index contributed by atoms with van der Waals surface area (Å²) in [6.07, 6.45) is 9.17. The van der Waals surface area contributed by atoms with Crippen LogP contribution in [0, 0.1) is 5.92 Å². The maximum absolute atomic E-state index is 11.8. The van der Waals surface area contributed by atoms with E-state index in [1.165, 1.54) is 44.9 Å². The topological polar surface area (TPSA) is 41.1 Å². The Morgan fingerprint density at radius 1 is 1.06 bits per heavy atom. The zero-order chi connectivity index (χ0) is 13.4. The fourth-order valence-corrected chi connectivity index (χ4v) is 2.37. The Labute approximate surface area is 112 Å². The van der Waals surface area contributed by atoms with Crippen LogP contribution in [0.15, 0.2) is 0 Å². The lowest BCUT2D eigenvalue weighted by molar-refractivity contribution is -0.121. The average Bonchev–Trinajstić information content (AvgIpc) is 2.27. The second-order valence-electron chi connectivity index (χ2n) is 6.02. The molecule has 1 unspecified atom stereocenters. The van der Waals surface area contributed by atoms with Crippen molar-refractivity contribution < 1.29 is 4.79 Å². The van der Waals surface area contributed by atoms with Crippen molar-refractivity contribution in [3.05, 3.63) is 0 Å². The van der Waals surface area contributed by atoms with Gasteiger partial charge >= 0.3 is 0 Å². The molecule has 3 nitrogen and oxygen atoms in total. The third-order valence-electron chi connectivity index (χ3n) is 4.05. The third kappa shape index (κ3) is 6.39. The minimum atomic E-state index is 0.137. The Balaban J connectivity index is 2.19. The summed E-state index contributed by atoms with van der Waals surface area (Å²) in [5, 5.41) is 6.47. The second-order valence-corrected chi connectivity index (χ2v) is 6.02. The van der Waals surface area contributed by atoms with Gasteiger partial charge in [-0.1, -0.05) is 46.0 Å². The van der Waals surface area contributed by atoms with Crippen molar-refractivity contribution in [2.24, 2.45) is 5.92 Å². The normalized spacial score (nSPS) is 20.2. The van der Waals surface area contributed by atoms with E-state index in [1.54, 1.807) is 0 Å². The maximum atomic E-state index is 11.8. The first-order valence-corrected chi connectivity index (χ1v) is 7.62. The molecule has 0 radical (unpaired) electrons. The monoisotopic (exact) mass is 254 g/mol. The van der Waals surface area contributed by atoms with Crippen molar-refractivity contribution in [3.8, 4) is 0 Å². The summed E-state index contributed by atoms with van der Waals surface area (Å²) in [5.41, 5.74) is 0. The molecule has 3 heteroatoms. The van der Waals surface area contributed by atoms with E-state index < -0.39 is 0 Å². The van der Waals surface area contributed by atoms with Crippen LogP contribution in [0.1, 0.15) is 65.7 Å². The zero-order valence-electron chi connectivity index (χ0n) is 12.3. The molecule has 1 aliphatic rings. The van der Waals surface area contributed by atoms with Crippen molar-refractivity contribution in [1.29, 1.82) is 0 Å². The lowest BCUT2D eigenvalue weighted by Crippen LogP contribution is -2.44. The lowest BCUT2D eigenvalue weighted by atomic mass is 9.97. The summed E-state index contributed by atoms with van der Waals surface area (Å²) in [5.74, 6) is 0.633. The molecule has 0 spiro atoms. The van der Waals surface area contributed by atoms with Crippen molar-refractivity contribution in [2.75, 3.05) is 6.54 Å². The number of rotatable bonds is 5. The Morgan fingerprint density at radius 2 is 1.61 bits per heavy atom. The van der Waals surface area contributed by atoms with E-state index in [1.807, 2.05) is 0 Å². The first-order valence-electron chi connectivity index (χ1n) is 7.62. The zero-order valence-corrected chi connectivity index (χ0v) is 12.3. The molecule has 1 atom stereocenters. The average molecular weight is 254 g/mol. The smallest absolute Gasteiger partial charge is 0.234 e. The molecule has 106 valence electrons. The molecule has 0 aliphatic heterocycles. The molecule has 0 heterocycles. The van der Waals surface area contributed by atoms with Crippen molar-refractivity contribution in [1.82, 2.24) is 10.6 Å². The van der Waals surface area contributed by atoms with Gasteiger partial charge in [0.1, 0.15) is 0 Å². The van der Waals surface area contributed by atoms with Crippen molar-refractivity contribution in [2.45, 2.75) is 77.8 Å². The van der Waals surface area contributed by atoms with E-state index in [4.69, 9.17) is 0 Å². The number of carbonyl (C=O) groups is 1. The minimum Gasteiger partial charge on any atom is -0.352 e. The fraction of sp³-hybridized carbons (Fsp3) is 0.933. The van der Waals surface area contributed by atoms with Crippen LogP contribution in [0.4, 0.5) is 0 Å². The van der Waals surface area contributed by atoms with Gasteiger partial charge in [-0.15, -0.1) is 0 Å². The van der Waals surface area contributed by atoms with Gasteiger partial charge in [-0.25, -0.2) is 0 Å². The highest BCUT2D eigenvalue weighted by atomic mass is 16.1. The number of hydrogen-bond acceptors (Lipinski definition) is 2. The van der Waals surface area contributed by atoms with Crippen LogP contribution in [0.3, 0.4) is 0 Å². The van der Waals surface area contributed by atoms with Gasteiger partial charge in [0.15, 0.2) is 0 Å². The minimum absolute atomic E-state index is 0.137. The van der Waals surface area contributed by atoms with Gasteiger partial charge < -0.3 is 10.6 Å². The molecular weight excluding hydrogens is 224 g/mol. The lowest BCUT2D eigenvalue weighted by Gasteiger charge is -2.22. The Hall–Kier alpha value is -0.570. The first kappa shape index (κ1) is 15.5. The highest BCUT2D eigenvalue weighted by molar-refractivity contribution is 5.78. The SMILES string of the molecule is CC(C)C(C)NC(=O)CNC1CCCCCCC1. The van der Waals surface area contributed by atoms with Crippen molar-refractivity contribution >= 4 is 5.91 Å². The molecule has 1 amide bonds. The molecule has 1 rings (SSSR count). The molecule has 1 aliphatic carbocycles. The van der Waals surface area contributed by atoms with Crippen LogP contribution in [-0.2, 0) is 4.79 Å². The molecular formula is C15H30N2O. The Bertz CT molecular complexity index is 233. The van der Waals surface area contributed by atoms with Gasteiger partial charge in [-0.2, -0.15) is 0 Å². The molecule has 2 N–H and O–H groups in total. The Morgan fingerprint density at radius 3 is 2.17 bits per heavy atom. The van der Waals surface area contributed by atoms with Crippen LogP contribution in [-0.4, -0.2) is 24.5 Å². The van der Waals surface area contributed by atoms with Crippen LogP contribution < -0.4 is 10.6 Å². The van der Waals surface area contributed by atoms with E-state index in [0.29, 0.717) is 18.5 Å². The molecule has 0 saturated heterocycles. The summed E-state index contributed by atoms with van der Waals surface area (Å²) in [4.78, 5) is 11.8. The van der Waals surface area contributed by atoms with Crippen LogP contribution in [0.25, 0.3) is 0 Å². The van der Waals surface area contributed by atoms with Crippen molar-refractivity contribution in [3.63, 3.8) is 0 Å². The summed E-state index contributed by atoms with van der Waals surface area (Å²) < 4.78 is 0. The highest BCUT2D eigenvalue weighted by Gasteiger charge is 2.14. The predicted molar refractivity (Wildman–Crippen MR) is 76.6 cm³/mol. The van der Waals surface area contributed by atoms with Gasteiger partial charge in [0.2, 0.25) is 5.91 Å². The second kappa shape index (κ2) is 8.52. The summed E-state index contributed by atoms with van der Waals surface area (Å²) >= 11 is 0. The quantitative estimate of drug-likeness (QED) is 0.792. The molecule has 1 saturated carbocycles. The van der Waals surface area contributed by atoms with Gasteiger partial charge in [0.25, 0.3) is 0 Å². The van der Waals surface area contributed by atoms with Crippen LogP contribution >= 0.6 is 0 Å². The number of hydrogen-bond donors (Lipinski definition) is 2. The van der Waals surface area contributed by atoms with E-state index >= 15 is 0 Å².